The van der Waals surface area contributed by atoms with Gasteiger partial charge in [0.05, 0.1) is 11.8 Å². The van der Waals surface area contributed by atoms with E-state index in [9.17, 15) is 9.90 Å². The van der Waals surface area contributed by atoms with Gasteiger partial charge in [0.15, 0.2) is 0 Å². The third-order valence-electron chi connectivity index (χ3n) is 3.80. The van der Waals surface area contributed by atoms with Crippen LogP contribution in [-0.4, -0.2) is 22.5 Å². The molecule has 1 aromatic rings. The number of carbonyl (C=O) groups is 1. The highest BCUT2D eigenvalue weighted by molar-refractivity contribution is 5.94. The molecular formula is C14H20N2O2. The summed E-state index contributed by atoms with van der Waals surface area (Å²) in [6.45, 7) is 2.97. The highest BCUT2D eigenvalue weighted by Gasteiger charge is 2.21. The van der Waals surface area contributed by atoms with Crippen LogP contribution in [0.3, 0.4) is 0 Å². The Morgan fingerprint density at radius 2 is 2.22 bits per heavy atom. The van der Waals surface area contributed by atoms with Crippen LogP contribution in [0.2, 0.25) is 0 Å². The highest BCUT2D eigenvalue weighted by atomic mass is 16.3. The molecule has 18 heavy (non-hydrogen) atoms. The number of amides is 1. The first-order valence-electron chi connectivity index (χ1n) is 6.59. The molecule has 1 amide bonds. The van der Waals surface area contributed by atoms with Crippen LogP contribution in [0.4, 0.5) is 0 Å². The zero-order valence-electron chi connectivity index (χ0n) is 10.7. The average Bonchev–Trinajstić information content (AvgIpc) is 2.37. The fourth-order valence-electron chi connectivity index (χ4n) is 2.57. The summed E-state index contributed by atoms with van der Waals surface area (Å²) in [5.74, 6) is 1.12. The summed E-state index contributed by atoms with van der Waals surface area (Å²) in [6.07, 6.45) is 7.81. The van der Waals surface area contributed by atoms with Crippen molar-refractivity contribution in [3.05, 3.63) is 24.0 Å². The summed E-state index contributed by atoms with van der Waals surface area (Å²) in [5, 5.41) is 12.2. The molecule has 1 saturated carbocycles. The van der Waals surface area contributed by atoms with Gasteiger partial charge in [0.2, 0.25) is 0 Å². The van der Waals surface area contributed by atoms with Gasteiger partial charge >= 0.3 is 0 Å². The van der Waals surface area contributed by atoms with Crippen LogP contribution >= 0.6 is 0 Å². The maximum atomic E-state index is 11.9. The van der Waals surface area contributed by atoms with E-state index in [0.29, 0.717) is 17.4 Å². The summed E-state index contributed by atoms with van der Waals surface area (Å²) in [5.41, 5.74) is 0.415. The molecule has 1 fully saturated rings. The molecule has 0 saturated heterocycles. The van der Waals surface area contributed by atoms with Crippen molar-refractivity contribution in [3.63, 3.8) is 0 Å². The minimum absolute atomic E-state index is 0.0219. The van der Waals surface area contributed by atoms with Crippen LogP contribution in [-0.2, 0) is 0 Å². The number of aromatic hydroxyl groups is 1. The number of nitrogens with one attached hydrogen (secondary N) is 1. The fourth-order valence-corrected chi connectivity index (χ4v) is 2.57. The molecule has 2 atom stereocenters. The number of aromatic nitrogens is 1. The van der Waals surface area contributed by atoms with Crippen molar-refractivity contribution in [3.8, 4) is 5.75 Å². The second kappa shape index (κ2) is 5.85. The monoisotopic (exact) mass is 248 g/mol. The van der Waals surface area contributed by atoms with E-state index in [2.05, 4.69) is 17.2 Å². The van der Waals surface area contributed by atoms with Gasteiger partial charge in [0, 0.05) is 12.7 Å². The van der Waals surface area contributed by atoms with E-state index in [0.717, 1.165) is 6.54 Å². The molecule has 1 aliphatic carbocycles. The van der Waals surface area contributed by atoms with Crippen molar-refractivity contribution >= 4 is 5.91 Å². The molecule has 1 heterocycles. The predicted octanol–water partition coefficient (Wildman–Crippen LogP) is 2.34. The molecule has 0 bridgehead atoms. The normalized spacial score (nSPS) is 23.6. The topological polar surface area (TPSA) is 62.2 Å². The van der Waals surface area contributed by atoms with Crippen molar-refractivity contribution in [1.29, 1.82) is 0 Å². The van der Waals surface area contributed by atoms with Crippen molar-refractivity contribution in [2.75, 3.05) is 6.54 Å². The van der Waals surface area contributed by atoms with Gasteiger partial charge in [-0.25, -0.2) is 0 Å². The molecule has 2 unspecified atom stereocenters. The molecule has 0 aromatic carbocycles. The SMILES string of the molecule is CC1CCCCC1CNC(=O)c1cncc(O)c1. The Kier molecular flexibility index (Phi) is 4.18. The van der Waals surface area contributed by atoms with Crippen molar-refractivity contribution < 1.29 is 9.90 Å². The maximum absolute atomic E-state index is 11.9. The van der Waals surface area contributed by atoms with Crippen molar-refractivity contribution in [2.45, 2.75) is 32.6 Å². The van der Waals surface area contributed by atoms with Crippen LogP contribution < -0.4 is 5.32 Å². The summed E-state index contributed by atoms with van der Waals surface area (Å²) in [7, 11) is 0. The van der Waals surface area contributed by atoms with E-state index >= 15 is 0 Å². The van der Waals surface area contributed by atoms with Crippen LogP contribution in [0.5, 0.6) is 5.75 Å². The number of pyridine rings is 1. The molecule has 1 aliphatic rings. The molecule has 1 aromatic heterocycles. The third-order valence-corrected chi connectivity index (χ3v) is 3.80. The van der Waals surface area contributed by atoms with E-state index in [4.69, 9.17) is 0 Å². The Balaban J connectivity index is 1.88. The molecule has 2 rings (SSSR count). The van der Waals surface area contributed by atoms with Gasteiger partial charge in [-0.3, -0.25) is 9.78 Å². The number of hydrogen-bond acceptors (Lipinski definition) is 3. The number of rotatable bonds is 3. The predicted molar refractivity (Wildman–Crippen MR) is 69.4 cm³/mol. The first-order chi connectivity index (χ1) is 8.66. The molecule has 98 valence electrons. The third kappa shape index (κ3) is 3.22. The molecule has 0 radical (unpaired) electrons. The summed E-state index contributed by atoms with van der Waals surface area (Å²) in [4.78, 5) is 15.7. The van der Waals surface area contributed by atoms with Crippen LogP contribution in [0.15, 0.2) is 18.5 Å². The second-order valence-electron chi connectivity index (χ2n) is 5.16. The molecule has 4 nitrogen and oxygen atoms in total. The van der Waals surface area contributed by atoms with Gasteiger partial charge in [-0.05, 0) is 24.3 Å². The van der Waals surface area contributed by atoms with Gasteiger partial charge in [-0.15, -0.1) is 0 Å². The molecule has 0 aliphatic heterocycles. The smallest absolute Gasteiger partial charge is 0.252 e. The van der Waals surface area contributed by atoms with Gasteiger partial charge in [0.1, 0.15) is 5.75 Å². The summed E-state index contributed by atoms with van der Waals surface area (Å²) in [6, 6.07) is 1.44. The quantitative estimate of drug-likeness (QED) is 0.863. The van der Waals surface area contributed by atoms with Crippen molar-refractivity contribution in [2.24, 2.45) is 11.8 Å². The first kappa shape index (κ1) is 12.9. The molecule has 2 N–H and O–H groups in total. The Morgan fingerprint density at radius 3 is 2.94 bits per heavy atom. The number of nitrogens with zero attached hydrogens (tertiary/aromatic N) is 1. The first-order valence-corrected chi connectivity index (χ1v) is 6.59. The average molecular weight is 248 g/mol. The molecule has 0 spiro atoms. The lowest BCUT2D eigenvalue weighted by molar-refractivity contribution is 0.0935. The largest absolute Gasteiger partial charge is 0.506 e. The summed E-state index contributed by atoms with van der Waals surface area (Å²) < 4.78 is 0. The number of hydrogen-bond donors (Lipinski definition) is 2. The second-order valence-corrected chi connectivity index (χ2v) is 5.16. The van der Waals surface area contributed by atoms with Gasteiger partial charge in [-0.2, -0.15) is 0 Å². The number of carbonyl (C=O) groups excluding carboxylic acids is 1. The summed E-state index contributed by atoms with van der Waals surface area (Å²) >= 11 is 0. The lowest BCUT2D eigenvalue weighted by Gasteiger charge is -2.28. The van der Waals surface area contributed by atoms with E-state index in [-0.39, 0.29) is 11.7 Å². The van der Waals surface area contributed by atoms with Gasteiger partial charge < -0.3 is 10.4 Å². The molecular weight excluding hydrogens is 228 g/mol. The highest BCUT2D eigenvalue weighted by Crippen LogP contribution is 2.28. The Morgan fingerprint density at radius 1 is 1.44 bits per heavy atom. The Labute approximate surface area is 107 Å². The van der Waals surface area contributed by atoms with Crippen LogP contribution in [0.1, 0.15) is 43.0 Å². The maximum Gasteiger partial charge on any atom is 0.252 e. The minimum Gasteiger partial charge on any atom is -0.506 e. The van der Waals surface area contributed by atoms with Crippen LogP contribution in [0.25, 0.3) is 0 Å². The van der Waals surface area contributed by atoms with E-state index < -0.39 is 0 Å². The van der Waals surface area contributed by atoms with Gasteiger partial charge in [0.25, 0.3) is 5.91 Å². The Bertz CT molecular complexity index is 420. The van der Waals surface area contributed by atoms with E-state index in [1.54, 1.807) is 0 Å². The molecule has 4 heteroatoms. The van der Waals surface area contributed by atoms with E-state index in [1.807, 2.05) is 0 Å². The fraction of sp³-hybridized carbons (Fsp3) is 0.571. The Hall–Kier alpha value is -1.58. The van der Waals surface area contributed by atoms with Gasteiger partial charge in [-0.1, -0.05) is 26.2 Å². The van der Waals surface area contributed by atoms with Crippen molar-refractivity contribution in [1.82, 2.24) is 10.3 Å². The van der Waals surface area contributed by atoms with Crippen LogP contribution in [0, 0.1) is 11.8 Å². The van der Waals surface area contributed by atoms with E-state index in [1.165, 1.54) is 44.1 Å². The lowest BCUT2D eigenvalue weighted by atomic mass is 9.80. The zero-order chi connectivity index (χ0) is 13.0. The zero-order valence-corrected chi connectivity index (χ0v) is 10.7. The lowest BCUT2D eigenvalue weighted by Crippen LogP contribution is -2.33. The standard InChI is InChI=1S/C14H20N2O2/c1-10-4-2-3-5-11(10)8-16-14(18)12-6-13(17)9-15-7-12/h6-7,9-11,17H,2-5,8H2,1H3,(H,16,18). The minimum atomic E-state index is -0.156.